The van der Waals surface area contributed by atoms with Crippen LogP contribution in [0.15, 0.2) is 12.3 Å². The molecule has 1 N–H and O–H groups in total. The molecule has 29 heavy (non-hydrogen) atoms. The van der Waals surface area contributed by atoms with Crippen LogP contribution >= 0.6 is 11.6 Å². The number of rotatable bonds is 7. The average molecular weight is 448 g/mol. The molecule has 2 rings (SSSR count). The number of amides is 1. The maximum Gasteiger partial charge on any atom is 0.417 e. The maximum atomic E-state index is 12.7. The summed E-state index contributed by atoms with van der Waals surface area (Å²) in [6, 6.07) is 0.823. The summed E-state index contributed by atoms with van der Waals surface area (Å²) in [6.45, 7) is -0.449. The number of halogens is 7. The number of carbonyl (C=O) groups excluding carboxylic acids is 1. The van der Waals surface area contributed by atoms with E-state index in [9.17, 15) is 31.1 Å². The van der Waals surface area contributed by atoms with Gasteiger partial charge in [-0.15, -0.1) is 0 Å². The van der Waals surface area contributed by atoms with Gasteiger partial charge in [-0.1, -0.05) is 11.6 Å². The first kappa shape index (κ1) is 23.5. The highest BCUT2D eigenvalue weighted by Gasteiger charge is 2.33. The first-order valence-electron chi connectivity index (χ1n) is 8.87. The van der Waals surface area contributed by atoms with Crippen LogP contribution in [0, 0.1) is 5.92 Å². The molecule has 0 spiro atoms. The van der Waals surface area contributed by atoms with Gasteiger partial charge in [-0.25, -0.2) is 4.98 Å². The first-order chi connectivity index (χ1) is 13.5. The summed E-state index contributed by atoms with van der Waals surface area (Å²) < 4.78 is 78.3. The Morgan fingerprint density at radius 2 is 1.90 bits per heavy atom. The summed E-state index contributed by atoms with van der Waals surface area (Å²) in [5, 5.41) is 2.55. The Bertz CT molecular complexity index is 691. The van der Waals surface area contributed by atoms with Crippen LogP contribution in [0.25, 0.3) is 0 Å². The molecule has 1 amide bonds. The SMILES string of the molecule is O=C(NCCCOCC(F)(F)F)C1CCN(c2ncc(C(F)(F)F)cc2Cl)CC1. The number of aromatic nitrogens is 1. The van der Waals surface area contributed by atoms with E-state index >= 15 is 0 Å². The van der Waals surface area contributed by atoms with Crippen LogP contribution in [-0.2, 0) is 15.7 Å². The predicted octanol–water partition coefficient (Wildman–Crippen LogP) is 4.06. The molecule has 0 bridgehead atoms. The number of ether oxygens (including phenoxy) is 1. The highest BCUT2D eigenvalue weighted by molar-refractivity contribution is 6.33. The zero-order chi connectivity index (χ0) is 21.7. The summed E-state index contributed by atoms with van der Waals surface area (Å²) >= 11 is 5.94. The smallest absolute Gasteiger partial charge is 0.372 e. The van der Waals surface area contributed by atoms with E-state index in [1.807, 2.05) is 0 Å². The molecule has 1 saturated heterocycles. The normalized spacial score (nSPS) is 16.2. The maximum absolute atomic E-state index is 12.7. The van der Waals surface area contributed by atoms with E-state index in [1.165, 1.54) is 0 Å². The molecule has 1 aromatic heterocycles. The van der Waals surface area contributed by atoms with Gasteiger partial charge in [-0.3, -0.25) is 4.79 Å². The molecule has 0 aliphatic carbocycles. The molecule has 1 aromatic rings. The summed E-state index contributed by atoms with van der Waals surface area (Å²) in [5.41, 5.74) is -0.931. The van der Waals surface area contributed by atoms with Crippen LogP contribution in [0.4, 0.5) is 32.2 Å². The van der Waals surface area contributed by atoms with Gasteiger partial charge in [0, 0.05) is 38.4 Å². The molecule has 1 aliphatic heterocycles. The monoisotopic (exact) mass is 447 g/mol. The summed E-state index contributed by atoms with van der Waals surface area (Å²) in [4.78, 5) is 17.7. The second-order valence-corrected chi connectivity index (χ2v) is 7.01. The summed E-state index contributed by atoms with van der Waals surface area (Å²) in [5.74, 6) is -0.275. The molecule has 0 aromatic carbocycles. The van der Waals surface area contributed by atoms with Crippen molar-refractivity contribution in [2.75, 3.05) is 37.7 Å². The Labute approximate surface area is 168 Å². The lowest BCUT2D eigenvalue weighted by atomic mass is 9.96. The van der Waals surface area contributed by atoms with E-state index in [2.05, 4.69) is 15.0 Å². The number of carbonyl (C=O) groups is 1. The molecule has 0 unspecified atom stereocenters. The number of nitrogens with zero attached hydrogens (tertiary/aromatic N) is 2. The fraction of sp³-hybridized carbons (Fsp3) is 0.647. The van der Waals surface area contributed by atoms with Crippen molar-refractivity contribution in [3.05, 3.63) is 22.8 Å². The van der Waals surface area contributed by atoms with E-state index in [0.29, 0.717) is 25.9 Å². The Kier molecular flexibility index (Phi) is 7.98. The third-order valence-corrected chi connectivity index (χ3v) is 4.62. The van der Waals surface area contributed by atoms with E-state index in [4.69, 9.17) is 11.6 Å². The number of pyridine rings is 1. The van der Waals surface area contributed by atoms with Crippen LogP contribution in [-0.4, -0.2) is 49.9 Å². The van der Waals surface area contributed by atoms with Gasteiger partial charge in [0.2, 0.25) is 5.91 Å². The fourth-order valence-electron chi connectivity index (χ4n) is 2.89. The number of piperidine rings is 1. The van der Waals surface area contributed by atoms with Crippen LogP contribution in [0.5, 0.6) is 0 Å². The Balaban J connectivity index is 1.74. The molecule has 12 heteroatoms. The number of hydrogen-bond donors (Lipinski definition) is 1. The molecule has 5 nitrogen and oxygen atoms in total. The van der Waals surface area contributed by atoms with E-state index in [0.717, 1.165) is 12.3 Å². The van der Waals surface area contributed by atoms with Crippen LogP contribution in [0.1, 0.15) is 24.8 Å². The fourth-order valence-corrected chi connectivity index (χ4v) is 3.18. The lowest BCUT2D eigenvalue weighted by Crippen LogP contribution is -2.41. The minimum atomic E-state index is -4.53. The summed E-state index contributed by atoms with van der Waals surface area (Å²) in [6.07, 6.45) is -7.02. The Morgan fingerprint density at radius 1 is 1.24 bits per heavy atom. The van der Waals surface area contributed by atoms with Crippen molar-refractivity contribution in [3.63, 3.8) is 0 Å². The van der Waals surface area contributed by atoms with Gasteiger partial charge >= 0.3 is 12.4 Å². The molecule has 1 aliphatic rings. The predicted molar refractivity (Wildman–Crippen MR) is 93.7 cm³/mol. The average Bonchev–Trinajstić information content (AvgIpc) is 2.63. The van der Waals surface area contributed by atoms with Gasteiger partial charge in [-0.2, -0.15) is 26.3 Å². The molecule has 1 fully saturated rings. The van der Waals surface area contributed by atoms with Gasteiger partial charge in [0.15, 0.2) is 0 Å². The molecular formula is C17H20ClF6N3O2. The third kappa shape index (κ3) is 7.54. The second-order valence-electron chi connectivity index (χ2n) is 6.60. The lowest BCUT2D eigenvalue weighted by Gasteiger charge is -2.32. The topological polar surface area (TPSA) is 54.5 Å². The third-order valence-electron chi connectivity index (χ3n) is 4.34. The summed E-state index contributed by atoms with van der Waals surface area (Å²) in [7, 11) is 0. The van der Waals surface area contributed by atoms with Gasteiger partial charge in [0.25, 0.3) is 0 Å². The molecular weight excluding hydrogens is 428 g/mol. The highest BCUT2D eigenvalue weighted by Crippen LogP contribution is 2.34. The molecule has 164 valence electrons. The first-order valence-corrected chi connectivity index (χ1v) is 9.25. The van der Waals surface area contributed by atoms with E-state index in [1.54, 1.807) is 4.90 Å². The van der Waals surface area contributed by atoms with Crippen molar-refractivity contribution in [2.24, 2.45) is 5.92 Å². The number of hydrogen-bond acceptors (Lipinski definition) is 4. The van der Waals surface area contributed by atoms with Crippen molar-refractivity contribution in [2.45, 2.75) is 31.6 Å². The van der Waals surface area contributed by atoms with Crippen LogP contribution in [0.2, 0.25) is 5.02 Å². The van der Waals surface area contributed by atoms with Crippen LogP contribution in [0.3, 0.4) is 0 Å². The van der Waals surface area contributed by atoms with Gasteiger partial charge < -0.3 is 15.0 Å². The van der Waals surface area contributed by atoms with Gasteiger partial charge in [0.05, 0.1) is 10.6 Å². The lowest BCUT2D eigenvalue weighted by molar-refractivity contribution is -0.174. The zero-order valence-electron chi connectivity index (χ0n) is 15.2. The van der Waals surface area contributed by atoms with Gasteiger partial charge in [-0.05, 0) is 25.3 Å². The number of alkyl halides is 6. The van der Waals surface area contributed by atoms with Crippen LogP contribution < -0.4 is 10.2 Å². The van der Waals surface area contributed by atoms with Crippen molar-refractivity contribution in [1.82, 2.24) is 10.3 Å². The minimum Gasteiger partial charge on any atom is -0.372 e. The molecule has 2 heterocycles. The largest absolute Gasteiger partial charge is 0.417 e. The second kappa shape index (κ2) is 9.84. The van der Waals surface area contributed by atoms with Crippen molar-refractivity contribution >= 4 is 23.3 Å². The number of nitrogens with one attached hydrogen (secondary N) is 1. The highest BCUT2D eigenvalue weighted by atomic mass is 35.5. The molecule has 0 saturated carbocycles. The zero-order valence-corrected chi connectivity index (χ0v) is 16.0. The molecule has 0 radical (unpaired) electrons. The standard InChI is InChI=1S/C17H20ClF6N3O2/c18-13-8-12(17(22,23)24)9-26-14(13)27-5-2-11(3-6-27)15(28)25-4-1-7-29-10-16(19,20)21/h8-9,11H,1-7,10H2,(H,25,28). The molecule has 0 atom stereocenters. The minimum absolute atomic E-state index is 0.110. The van der Waals surface area contributed by atoms with Crippen molar-refractivity contribution in [3.8, 4) is 0 Å². The Hall–Kier alpha value is -1.75. The quantitative estimate of drug-likeness (QED) is 0.506. The van der Waals surface area contributed by atoms with Crippen molar-refractivity contribution in [1.29, 1.82) is 0 Å². The van der Waals surface area contributed by atoms with E-state index in [-0.39, 0.29) is 42.2 Å². The Morgan fingerprint density at radius 3 is 2.45 bits per heavy atom. The van der Waals surface area contributed by atoms with E-state index < -0.39 is 24.5 Å². The van der Waals surface area contributed by atoms with Crippen molar-refractivity contribution < 1.29 is 35.9 Å². The number of anilines is 1. The van der Waals surface area contributed by atoms with Gasteiger partial charge in [0.1, 0.15) is 12.4 Å².